The Morgan fingerprint density at radius 2 is 2.19 bits per heavy atom. The number of carbonyl (C=O) groups is 2. The highest BCUT2D eigenvalue weighted by atomic mass is 16.4. The number of hydrogen-bond acceptors (Lipinski definition) is 7. The summed E-state index contributed by atoms with van der Waals surface area (Å²) in [5, 5.41) is 3.16. The Balaban J connectivity index is 1.50. The Kier molecular flexibility index (Phi) is 4.62. The van der Waals surface area contributed by atoms with Gasteiger partial charge < -0.3 is 19.6 Å². The molecule has 4 aromatic rings. The molecule has 0 spiro atoms. The first-order valence-electron chi connectivity index (χ1n) is 10.2. The molecule has 0 bridgehead atoms. The second-order valence-corrected chi connectivity index (χ2v) is 7.78. The van der Waals surface area contributed by atoms with E-state index < -0.39 is 5.91 Å². The third-order valence-corrected chi connectivity index (χ3v) is 5.69. The van der Waals surface area contributed by atoms with Gasteiger partial charge in [0.1, 0.15) is 23.3 Å². The van der Waals surface area contributed by atoms with Crippen LogP contribution in [0.25, 0.3) is 22.1 Å². The molecular weight excluding hydrogens is 410 g/mol. The summed E-state index contributed by atoms with van der Waals surface area (Å²) in [6, 6.07) is 5.64. The number of rotatable bonds is 4. The normalized spacial score (nSPS) is 16.0. The number of nitrogen functional groups attached to an aromatic ring is 1. The summed E-state index contributed by atoms with van der Waals surface area (Å²) in [4.78, 5) is 39.6. The number of oxazole rings is 1. The van der Waals surface area contributed by atoms with Crippen molar-refractivity contribution in [3.63, 3.8) is 0 Å². The smallest absolute Gasteiger partial charge is 0.302 e. The van der Waals surface area contributed by atoms with E-state index in [-0.39, 0.29) is 23.8 Å². The van der Waals surface area contributed by atoms with Crippen LogP contribution in [0.4, 0.5) is 11.8 Å². The molecule has 1 fully saturated rings. The Morgan fingerprint density at radius 3 is 3.00 bits per heavy atom. The number of amides is 2. The van der Waals surface area contributed by atoms with Gasteiger partial charge in [-0.15, -0.1) is 0 Å². The van der Waals surface area contributed by atoms with E-state index in [9.17, 15) is 9.59 Å². The standard InChI is InChI=1S/C22H21N7O3/c1-3-17(30)28-7-6-13(9-28)29-10-14(18-19(23)24-11-25-20(18)29)21(31)27-22-26-15-8-12(2)4-5-16(15)32-22/h3-5,8,10-11,13H,1,6-7,9H2,2H3,(H2,23,24,25)(H,26,27,31)/t13-/m1/s1. The van der Waals surface area contributed by atoms with E-state index in [2.05, 4.69) is 26.8 Å². The molecule has 1 saturated heterocycles. The van der Waals surface area contributed by atoms with Gasteiger partial charge in [0, 0.05) is 19.3 Å². The van der Waals surface area contributed by atoms with Crippen LogP contribution in [0, 0.1) is 6.92 Å². The number of benzene rings is 1. The first-order chi connectivity index (χ1) is 15.4. The molecule has 3 N–H and O–H groups in total. The van der Waals surface area contributed by atoms with Crippen LogP contribution >= 0.6 is 0 Å². The lowest BCUT2D eigenvalue weighted by molar-refractivity contribution is -0.125. The molecule has 1 atom stereocenters. The molecule has 1 aliphatic heterocycles. The van der Waals surface area contributed by atoms with Gasteiger partial charge >= 0.3 is 6.01 Å². The van der Waals surface area contributed by atoms with Crippen molar-refractivity contribution >= 4 is 45.8 Å². The molecule has 4 heterocycles. The molecule has 3 aromatic heterocycles. The molecule has 2 amide bonds. The molecule has 0 saturated carbocycles. The first kappa shape index (κ1) is 19.7. The van der Waals surface area contributed by atoms with E-state index in [1.54, 1.807) is 17.2 Å². The van der Waals surface area contributed by atoms with Crippen LogP contribution in [0.3, 0.4) is 0 Å². The van der Waals surface area contributed by atoms with Crippen molar-refractivity contribution in [1.29, 1.82) is 0 Å². The van der Waals surface area contributed by atoms with Crippen molar-refractivity contribution in [1.82, 2.24) is 24.4 Å². The van der Waals surface area contributed by atoms with Gasteiger partial charge in [-0.25, -0.2) is 9.97 Å². The summed E-state index contributed by atoms with van der Waals surface area (Å²) in [6.45, 7) is 6.59. The van der Waals surface area contributed by atoms with E-state index in [1.807, 2.05) is 23.6 Å². The fraction of sp³-hybridized carbons (Fsp3) is 0.227. The van der Waals surface area contributed by atoms with Crippen LogP contribution in [-0.2, 0) is 4.79 Å². The molecule has 162 valence electrons. The molecule has 1 aromatic carbocycles. The van der Waals surface area contributed by atoms with Gasteiger partial charge in [0.25, 0.3) is 5.91 Å². The molecular formula is C22H21N7O3. The lowest BCUT2D eigenvalue weighted by atomic mass is 10.2. The van der Waals surface area contributed by atoms with Gasteiger partial charge in [-0.3, -0.25) is 14.9 Å². The SMILES string of the molecule is C=CC(=O)N1CC[C@@H](n2cc(C(=O)Nc3nc4cc(C)ccc4o3)c3c(N)ncnc32)C1. The minimum atomic E-state index is -0.435. The second kappa shape index (κ2) is 7.49. The summed E-state index contributed by atoms with van der Waals surface area (Å²) in [5.74, 6) is -0.359. The largest absolute Gasteiger partial charge is 0.423 e. The van der Waals surface area contributed by atoms with Crippen LogP contribution in [0.1, 0.15) is 28.4 Å². The molecule has 0 unspecified atom stereocenters. The average molecular weight is 431 g/mol. The lowest BCUT2D eigenvalue weighted by Crippen LogP contribution is -2.27. The Labute approximate surface area is 182 Å². The average Bonchev–Trinajstić information content (AvgIpc) is 3.49. The maximum atomic E-state index is 13.2. The highest BCUT2D eigenvalue weighted by Gasteiger charge is 2.30. The van der Waals surface area contributed by atoms with Gasteiger partial charge in [-0.2, -0.15) is 4.98 Å². The number of aryl methyl sites for hydroxylation is 1. The fourth-order valence-electron chi connectivity index (χ4n) is 4.11. The highest BCUT2D eigenvalue weighted by Crippen LogP contribution is 2.31. The predicted molar refractivity (Wildman–Crippen MR) is 119 cm³/mol. The highest BCUT2D eigenvalue weighted by molar-refractivity contribution is 6.14. The van der Waals surface area contributed by atoms with Crippen LogP contribution in [0.15, 0.2) is 47.8 Å². The number of carbonyl (C=O) groups excluding carboxylic acids is 2. The van der Waals surface area contributed by atoms with Crippen molar-refractivity contribution in [2.75, 3.05) is 24.1 Å². The molecule has 0 radical (unpaired) electrons. The monoisotopic (exact) mass is 431 g/mol. The molecule has 0 aliphatic carbocycles. The topological polar surface area (TPSA) is 132 Å². The third kappa shape index (κ3) is 3.25. The number of anilines is 2. The van der Waals surface area contributed by atoms with E-state index >= 15 is 0 Å². The summed E-state index contributed by atoms with van der Waals surface area (Å²) >= 11 is 0. The number of fused-ring (bicyclic) bond motifs is 2. The summed E-state index contributed by atoms with van der Waals surface area (Å²) in [7, 11) is 0. The van der Waals surface area contributed by atoms with Crippen LogP contribution in [0.5, 0.6) is 0 Å². The zero-order valence-electron chi connectivity index (χ0n) is 17.4. The Bertz CT molecular complexity index is 1390. The number of hydrogen-bond donors (Lipinski definition) is 2. The van der Waals surface area contributed by atoms with Crippen LogP contribution in [0.2, 0.25) is 0 Å². The van der Waals surface area contributed by atoms with Crippen molar-refractivity contribution in [2.45, 2.75) is 19.4 Å². The van der Waals surface area contributed by atoms with Gasteiger partial charge in [0.05, 0.1) is 17.0 Å². The summed E-state index contributed by atoms with van der Waals surface area (Å²) in [5.41, 5.74) is 9.23. The quantitative estimate of drug-likeness (QED) is 0.475. The van der Waals surface area contributed by atoms with Crippen LogP contribution in [-0.4, -0.2) is 49.3 Å². The minimum Gasteiger partial charge on any atom is -0.423 e. The molecule has 10 heteroatoms. The van der Waals surface area contributed by atoms with E-state index in [0.29, 0.717) is 40.8 Å². The van der Waals surface area contributed by atoms with E-state index in [4.69, 9.17) is 10.2 Å². The molecule has 10 nitrogen and oxygen atoms in total. The first-order valence-corrected chi connectivity index (χ1v) is 10.2. The maximum Gasteiger partial charge on any atom is 0.302 e. The van der Waals surface area contributed by atoms with Gasteiger partial charge in [-0.05, 0) is 37.1 Å². The van der Waals surface area contributed by atoms with E-state index in [1.165, 1.54) is 12.4 Å². The third-order valence-electron chi connectivity index (χ3n) is 5.69. The fourth-order valence-corrected chi connectivity index (χ4v) is 4.11. The van der Waals surface area contributed by atoms with E-state index in [0.717, 1.165) is 12.0 Å². The number of nitrogens with zero attached hydrogens (tertiary/aromatic N) is 5. The van der Waals surface area contributed by atoms with Gasteiger partial charge in [-0.1, -0.05) is 12.6 Å². The number of nitrogens with one attached hydrogen (secondary N) is 1. The summed E-state index contributed by atoms with van der Waals surface area (Å²) < 4.78 is 7.53. The van der Waals surface area contributed by atoms with Gasteiger partial charge in [0.2, 0.25) is 5.91 Å². The maximum absolute atomic E-state index is 13.2. The Hall–Kier alpha value is -4.21. The van der Waals surface area contributed by atoms with Crippen molar-refractivity contribution in [2.24, 2.45) is 0 Å². The van der Waals surface area contributed by atoms with Crippen LogP contribution < -0.4 is 11.1 Å². The second-order valence-electron chi connectivity index (χ2n) is 7.78. The van der Waals surface area contributed by atoms with Crippen molar-refractivity contribution in [3.05, 3.63) is 54.5 Å². The van der Waals surface area contributed by atoms with Gasteiger partial charge in [0.15, 0.2) is 5.58 Å². The molecule has 32 heavy (non-hydrogen) atoms. The number of aromatic nitrogens is 4. The van der Waals surface area contributed by atoms with Crippen molar-refractivity contribution < 1.29 is 14.0 Å². The number of likely N-dealkylation sites (tertiary alicyclic amines) is 1. The molecule has 1 aliphatic rings. The number of nitrogens with two attached hydrogens (primary N) is 1. The van der Waals surface area contributed by atoms with Crippen molar-refractivity contribution in [3.8, 4) is 0 Å². The Morgan fingerprint density at radius 1 is 1.34 bits per heavy atom. The zero-order valence-corrected chi connectivity index (χ0v) is 17.4. The summed E-state index contributed by atoms with van der Waals surface area (Å²) in [6.07, 6.45) is 5.08. The zero-order chi connectivity index (χ0) is 22.4. The minimum absolute atomic E-state index is 0.0513. The lowest BCUT2D eigenvalue weighted by Gasteiger charge is -2.15. The molecule has 5 rings (SSSR count). The predicted octanol–water partition coefficient (Wildman–Crippen LogP) is 2.67.